The molecule has 0 aromatic heterocycles. The van der Waals surface area contributed by atoms with Crippen LogP contribution in [0.2, 0.25) is 0 Å². The zero-order valence-corrected chi connectivity index (χ0v) is 13.1. The van der Waals surface area contributed by atoms with Crippen LogP contribution in [0, 0.1) is 5.41 Å². The second-order valence-corrected chi connectivity index (χ2v) is 6.72. The van der Waals surface area contributed by atoms with Gasteiger partial charge in [0.25, 0.3) is 0 Å². The molecule has 3 heteroatoms. The van der Waals surface area contributed by atoms with E-state index in [-0.39, 0.29) is 5.91 Å². The van der Waals surface area contributed by atoms with E-state index in [1.54, 1.807) is 0 Å². The average molecular weight is 294 g/mol. The van der Waals surface area contributed by atoms with Crippen LogP contribution in [0.3, 0.4) is 0 Å². The van der Waals surface area contributed by atoms with Gasteiger partial charge in [-0.2, -0.15) is 0 Å². The van der Waals surface area contributed by atoms with Crippen LogP contribution in [0.5, 0.6) is 0 Å². The van der Waals surface area contributed by atoms with Crippen LogP contribution in [0.15, 0.2) is 30.3 Å². The third-order valence-corrected chi connectivity index (χ3v) is 4.95. The van der Waals surface area contributed by atoms with Gasteiger partial charge in [-0.3, -0.25) is 4.79 Å². The molecular weight excluding hydrogens is 270 g/mol. The van der Waals surface area contributed by atoms with Crippen molar-refractivity contribution in [2.24, 2.45) is 5.41 Å². The highest BCUT2D eigenvalue weighted by atomic mass is 35.5. The summed E-state index contributed by atoms with van der Waals surface area (Å²) in [6.45, 7) is 3.79. The fourth-order valence-electron chi connectivity index (χ4n) is 2.74. The van der Waals surface area contributed by atoms with E-state index < -0.39 is 5.41 Å². The summed E-state index contributed by atoms with van der Waals surface area (Å²) in [5.41, 5.74) is 0.955. The first-order valence-corrected chi connectivity index (χ1v) is 7.98. The Balaban J connectivity index is 1.85. The molecule has 1 aromatic carbocycles. The highest BCUT2D eigenvalue weighted by Crippen LogP contribution is 2.33. The lowest BCUT2D eigenvalue weighted by Gasteiger charge is -2.31. The first-order chi connectivity index (χ1) is 9.53. The number of alkyl halides is 1. The van der Waals surface area contributed by atoms with E-state index in [2.05, 4.69) is 35.6 Å². The van der Waals surface area contributed by atoms with Gasteiger partial charge in [-0.1, -0.05) is 30.3 Å². The summed E-state index contributed by atoms with van der Waals surface area (Å²) < 4.78 is 0. The number of benzene rings is 1. The first kappa shape index (κ1) is 15.4. The molecular formula is C17H24ClNO. The van der Waals surface area contributed by atoms with Crippen LogP contribution >= 0.6 is 11.6 Å². The van der Waals surface area contributed by atoms with Crippen molar-refractivity contribution >= 4 is 17.5 Å². The zero-order chi connectivity index (χ0) is 14.6. The molecule has 0 radical (unpaired) electrons. The number of rotatable bonds is 4. The van der Waals surface area contributed by atoms with Gasteiger partial charge in [0.05, 0.1) is 5.41 Å². The molecule has 1 aliphatic rings. The summed E-state index contributed by atoms with van der Waals surface area (Å²) in [4.78, 5) is 12.1. The standard InChI is InChI=1S/C17H24ClNO/c1-17(2,12-18)16(20)19-15-10-8-14(9-11-15)13-6-4-3-5-7-13/h3-7,14-15H,8-12H2,1-2H3,(H,19,20). The molecule has 20 heavy (non-hydrogen) atoms. The first-order valence-electron chi connectivity index (χ1n) is 7.45. The Bertz CT molecular complexity index is 436. The summed E-state index contributed by atoms with van der Waals surface area (Å²) in [5.74, 6) is 1.08. The van der Waals surface area contributed by atoms with E-state index in [9.17, 15) is 4.79 Å². The van der Waals surface area contributed by atoms with Gasteiger partial charge in [-0.25, -0.2) is 0 Å². The minimum atomic E-state index is -0.474. The Morgan fingerprint density at radius 2 is 1.80 bits per heavy atom. The van der Waals surface area contributed by atoms with Crippen molar-refractivity contribution < 1.29 is 4.79 Å². The lowest BCUT2D eigenvalue weighted by atomic mass is 9.81. The Labute approximate surface area is 126 Å². The maximum absolute atomic E-state index is 12.1. The highest BCUT2D eigenvalue weighted by molar-refractivity contribution is 6.19. The molecule has 1 aromatic rings. The highest BCUT2D eigenvalue weighted by Gasteiger charge is 2.30. The monoisotopic (exact) mass is 293 g/mol. The maximum atomic E-state index is 12.1. The molecule has 1 N–H and O–H groups in total. The third kappa shape index (κ3) is 3.76. The number of hydrogen-bond acceptors (Lipinski definition) is 1. The van der Waals surface area contributed by atoms with E-state index in [1.165, 1.54) is 5.56 Å². The molecule has 2 rings (SSSR count). The summed E-state index contributed by atoms with van der Waals surface area (Å²) >= 11 is 5.85. The normalized spacial score (nSPS) is 23.4. The van der Waals surface area contributed by atoms with Crippen LogP contribution in [0.25, 0.3) is 0 Å². The lowest BCUT2D eigenvalue weighted by Crippen LogP contribution is -2.45. The average Bonchev–Trinajstić information content (AvgIpc) is 2.49. The Hall–Kier alpha value is -1.02. The van der Waals surface area contributed by atoms with Crippen molar-refractivity contribution in [3.05, 3.63) is 35.9 Å². The molecule has 1 amide bonds. The number of nitrogens with one attached hydrogen (secondary N) is 1. The van der Waals surface area contributed by atoms with E-state index >= 15 is 0 Å². The van der Waals surface area contributed by atoms with E-state index in [0.717, 1.165) is 25.7 Å². The molecule has 0 bridgehead atoms. The van der Waals surface area contributed by atoms with Gasteiger partial charge in [0.2, 0.25) is 5.91 Å². The van der Waals surface area contributed by atoms with Gasteiger partial charge in [0.15, 0.2) is 0 Å². The number of carbonyl (C=O) groups excluding carboxylic acids is 1. The van der Waals surface area contributed by atoms with Crippen LogP contribution in [0.1, 0.15) is 51.0 Å². The minimum Gasteiger partial charge on any atom is -0.353 e. The second kappa shape index (κ2) is 6.62. The van der Waals surface area contributed by atoms with Crippen molar-refractivity contribution in [1.82, 2.24) is 5.32 Å². The van der Waals surface area contributed by atoms with E-state index in [1.807, 2.05) is 13.8 Å². The number of amides is 1. The largest absolute Gasteiger partial charge is 0.353 e. The smallest absolute Gasteiger partial charge is 0.227 e. The molecule has 0 saturated heterocycles. The molecule has 2 nitrogen and oxygen atoms in total. The molecule has 110 valence electrons. The molecule has 0 spiro atoms. The topological polar surface area (TPSA) is 29.1 Å². The van der Waals surface area contributed by atoms with Crippen LogP contribution in [-0.4, -0.2) is 17.8 Å². The number of halogens is 1. The van der Waals surface area contributed by atoms with Crippen molar-refractivity contribution in [2.75, 3.05) is 5.88 Å². The lowest BCUT2D eigenvalue weighted by molar-refractivity contribution is -0.129. The van der Waals surface area contributed by atoms with Crippen molar-refractivity contribution in [2.45, 2.75) is 51.5 Å². The van der Waals surface area contributed by atoms with Gasteiger partial charge >= 0.3 is 0 Å². The Morgan fingerprint density at radius 1 is 1.20 bits per heavy atom. The maximum Gasteiger partial charge on any atom is 0.227 e. The number of carbonyl (C=O) groups is 1. The quantitative estimate of drug-likeness (QED) is 0.832. The SMILES string of the molecule is CC(C)(CCl)C(=O)NC1CCC(c2ccccc2)CC1. The van der Waals surface area contributed by atoms with Crippen LogP contribution < -0.4 is 5.32 Å². The van der Waals surface area contributed by atoms with Gasteiger partial charge in [0, 0.05) is 11.9 Å². The number of hydrogen-bond donors (Lipinski definition) is 1. The molecule has 1 aliphatic carbocycles. The minimum absolute atomic E-state index is 0.0793. The van der Waals surface area contributed by atoms with E-state index in [0.29, 0.717) is 17.8 Å². The summed E-state index contributed by atoms with van der Waals surface area (Å²) in [5, 5.41) is 3.16. The predicted molar refractivity (Wildman–Crippen MR) is 84.1 cm³/mol. The zero-order valence-electron chi connectivity index (χ0n) is 12.4. The van der Waals surface area contributed by atoms with Crippen LogP contribution in [-0.2, 0) is 4.79 Å². The van der Waals surface area contributed by atoms with Crippen molar-refractivity contribution in [3.63, 3.8) is 0 Å². The van der Waals surface area contributed by atoms with Gasteiger partial charge in [-0.15, -0.1) is 11.6 Å². The Morgan fingerprint density at radius 3 is 2.35 bits per heavy atom. The van der Waals surface area contributed by atoms with Crippen molar-refractivity contribution in [1.29, 1.82) is 0 Å². The molecule has 1 fully saturated rings. The van der Waals surface area contributed by atoms with Crippen LogP contribution in [0.4, 0.5) is 0 Å². The summed E-state index contributed by atoms with van der Waals surface area (Å²) in [7, 11) is 0. The van der Waals surface area contributed by atoms with Gasteiger partial charge in [0.1, 0.15) is 0 Å². The third-order valence-electron chi connectivity index (χ3n) is 4.28. The summed E-state index contributed by atoms with van der Waals surface area (Å²) in [6.07, 6.45) is 4.42. The molecule has 0 aliphatic heterocycles. The fourth-order valence-corrected chi connectivity index (χ4v) is 2.86. The second-order valence-electron chi connectivity index (χ2n) is 6.45. The molecule has 1 saturated carbocycles. The van der Waals surface area contributed by atoms with Gasteiger partial charge in [-0.05, 0) is 51.0 Å². The Kier molecular flexibility index (Phi) is 5.09. The predicted octanol–water partition coefficient (Wildman–Crippen LogP) is 4.09. The van der Waals surface area contributed by atoms with Gasteiger partial charge < -0.3 is 5.32 Å². The fraction of sp³-hybridized carbons (Fsp3) is 0.588. The molecule has 0 atom stereocenters. The molecule has 0 unspecified atom stereocenters. The molecule has 0 heterocycles. The summed E-state index contributed by atoms with van der Waals surface area (Å²) in [6, 6.07) is 11.0. The van der Waals surface area contributed by atoms with Crippen molar-refractivity contribution in [3.8, 4) is 0 Å². The van der Waals surface area contributed by atoms with E-state index in [4.69, 9.17) is 11.6 Å².